The van der Waals surface area contributed by atoms with Crippen molar-refractivity contribution in [1.29, 1.82) is 0 Å². The minimum atomic E-state index is 0.383. The molecule has 0 fully saturated rings. The van der Waals surface area contributed by atoms with E-state index in [9.17, 15) is 0 Å². The topological polar surface area (TPSA) is 68.2 Å². The highest BCUT2D eigenvalue weighted by atomic mass is 15.3. The SMILES string of the molecule is NC(=NCc1ccccc1)Nc1cnn(Cc2ccccc2)c1. The molecule has 0 saturated carbocycles. The molecule has 0 atom stereocenters. The monoisotopic (exact) mass is 305 g/mol. The van der Waals surface area contributed by atoms with E-state index in [1.54, 1.807) is 6.20 Å². The molecule has 0 unspecified atom stereocenters. The number of guanidine groups is 1. The highest BCUT2D eigenvalue weighted by molar-refractivity contribution is 5.91. The zero-order valence-corrected chi connectivity index (χ0v) is 12.8. The number of anilines is 1. The Labute approximate surface area is 135 Å². The average Bonchev–Trinajstić information content (AvgIpc) is 3.02. The average molecular weight is 305 g/mol. The molecule has 0 saturated heterocycles. The van der Waals surface area contributed by atoms with E-state index in [2.05, 4.69) is 27.5 Å². The fourth-order valence-electron chi connectivity index (χ4n) is 2.23. The summed E-state index contributed by atoms with van der Waals surface area (Å²) < 4.78 is 1.86. The minimum Gasteiger partial charge on any atom is -0.370 e. The number of nitrogens with two attached hydrogens (primary N) is 1. The van der Waals surface area contributed by atoms with Crippen LogP contribution in [0.15, 0.2) is 78.0 Å². The maximum absolute atomic E-state index is 5.92. The summed E-state index contributed by atoms with van der Waals surface area (Å²) in [6, 6.07) is 20.2. The molecule has 0 bridgehead atoms. The Morgan fingerprint density at radius 1 is 1.00 bits per heavy atom. The Kier molecular flexibility index (Phi) is 4.69. The number of nitrogens with one attached hydrogen (secondary N) is 1. The second-order valence-electron chi connectivity index (χ2n) is 5.22. The number of hydrogen-bond donors (Lipinski definition) is 2. The lowest BCUT2D eigenvalue weighted by molar-refractivity contribution is 0.687. The van der Waals surface area contributed by atoms with Gasteiger partial charge in [0, 0.05) is 6.20 Å². The van der Waals surface area contributed by atoms with E-state index < -0.39 is 0 Å². The van der Waals surface area contributed by atoms with Crippen molar-refractivity contribution in [2.45, 2.75) is 13.1 Å². The van der Waals surface area contributed by atoms with Crippen LogP contribution in [0, 0.1) is 0 Å². The third-order valence-corrected chi connectivity index (χ3v) is 3.37. The predicted octanol–water partition coefficient (Wildman–Crippen LogP) is 2.86. The molecule has 116 valence electrons. The van der Waals surface area contributed by atoms with Gasteiger partial charge in [-0.25, -0.2) is 4.99 Å². The molecular weight excluding hydrogens is 286 g/mol. The summed E-state index contributed by atoms with van der Waals surface area (Å²) in [7, 11) is 0. The summed E-state index contributed by atoms with van der Waals surface area (Å²) in [6.07, 6.45) is 3.66. The zero-order valence-electron chi connectivity index (χ0n) is 12.8. The summed E-state index contributed by atoms with van der Waals surface area (Å²) >= 11 is 0. The van der Waals surface area contributed by atoms with Crippen LogP contribution in [0.2, 0.25) is 0 Å². The molecule has 23 heavy (non-hydrogen) atoms. The smallest absolute Gasteiger partial charge is 0.193 e. The predicted molar refractivity (Wildman–Crippen MR) is 93.2 cm³/mol. The molecule has 5 nitrogen and oxygen atoms in total. The first kappa shape index (κ1) is 14.8. The molecule has 0 radical (unpaired) electrons. The lowest BCUT2D eigenvalue weighted by Crippen LogP contribution is -2.22. The van der Waals surface area contributed by atoms with E-state index in [4.69, 9.17) is 5.73 Å². The number of hydrogen-bond acceptors (Lipinski definition) is 2. The Morgan fingerprint density at radius 2 is 1.65 bits per heavy atom. The molecule has 0 aliphatic carbocycles. The van der Waals surface area contributed by atoms with Gasteiger partial charge in [-0.1, -0.05) is 60.7 Å². The highest BCUT2D eigenvalue weighted by Crippen LogP contribution is 2.08. The summed E-state index contributed by atoms with van der Waals surface area (Å²) in [5.41, 5.74) is 9.07. The van der Waals surface area contributed by atoms with E-state index in [1.165, 1.54) is 5.56 Å². The first-order valence-corrected chi connectivity index (χ1v) is 7.47. The molecule has 3 N–H and O–H groups in total. The van der Waals surface area contributed by atoms with Crippen LogP contribution in [0.3, 0.4) is 0 Å². The summed E-state index contributed by atoms with van der Waals surface area (Å²) in [4.78, 5) is 4.33. The number of aliphatic imine (C=N–C) groups is 1. The molecule has 2 aromatic carbocycles. The van der Waals surface area contributed by atoms with Gasteiger partial charge < -0.3 is 11.1 Å². The lowest BCUT2D eigenvalue weighted by Gasteiger charge is -2.03. The molecule has 1 aromatic heterocycles. The van der Waals surface area contributed by atoms with Crippen LogP contribution in [0.25, 0.3) is 0 Å². The van der Waals surface area contributed by atoms with Crippen LogP contribution >= 0.6 is 0 Å². The van der Waals surface area contributed by atoms with Crippen molar-refractivity contribution in [2.75, 3.05) is 5.32 Å². The first-order chi connectivity index (χ1) is 11.3. The zero-order chi connectivity index (χ0) is 15.9. The second-order valence-corrected chi connectivity index (χ2v) is 5.22. The van der Waals surface area contributed by atoms with Crippen molar-refractivity contribution in [2.24, 2.45) is 10.7 Å². The fraction of sp³-hybridized carbons (Fsp3) is 0.111. The molecule has 5 heteroatoms. The molecule has 1 heterocycles. The number of aromatic nitrogens is 2. The van der Waals surface area contributed by atoms with Gasteiger partial charge in [-0.3, -0.25) is 4.68 Å². The Hall–Kier alpha value is -3.08. The Bertz CT molecular complexity index is 762. The van der Waals surface area contributed by atoms with Crippen molar-refractivity contribution >= 4 is 11.6 Å². The quantitative estimate of drug-likeness (QED) is 0.562. The van der Waals surface area contributed by atoms with Crippen LogP contribution < -0.4 is 11.1 Å². The van der Waals surface area contributed by atoms with Gasteiger partial charge in [0.1, 0.15) is 0 Å². The van der Waals surface area contributed by atoms with Crippen LogP contribution in [0.4, 0.5) is 5.69 Å². The van der Waals surface area contributed by atoms with Crippen molar-refractivity contribution in [3.05, 3.63) is 84.2 Å². The van der Waals surface area contributed by atoms with Crippen LogP contribution in [0.1, 0.15) is 11.1 Å². The molecular formula is C18H19N5. The van der Waals surface area contributed by atoms with Gasteiger partial charge in [0.25, 0.3) is 0 Å². The molecule has 0 amide bonds. The summed E-state index contributed by atoms with van der Waals surface area (Å²) in [5, 5.41) is 7.39. The van der Waals surface area contributed by atoms with E-state index in [-0.39, 0.29) is 0 Å². The van der Waals surface area contributed by atoms with Crippen molar-refractivity contribution in [1.82, 2.24) is 9.78 Å². The van der Waals surface area contributed by atoms with Gasteiger partial charge in [-0.05, 0) is 11.1 Å². The first-order valence-electron chi connectivity index (χ1n) is 7.47. The lowest BCUT2D eigenvalue weighted by atomic mass is 10.2. The van der Waals surface area contributed by atoms with E-state index in [0.717, 1.165) is 17.8 Å². The number of nitrogens with zero attached hydrogens (tertiary/aromatic N) is 3. The van der Waals surface area contributed by atoms with Gasteiger partial charge >= 0.3 is 0 Å². The van der Waals surface area contributed by atoms with Crippen molar-refractivity contribution in [3.63, 3.8) is 0 Å². The Balaban J connectivity index is 1.58. The van der Waals surface area contributed by atoms with E-state index in [0.29, 0.717) is 12.5 Å². The van der Waals surface area contributed by atoms with Gasteiger partial charge in [0.2, 0.25) is 0 Å². The van der Waals surface area contributed by atoms with Crippen LogP contribution in [-0.4, -0.2) is 15.7 Å². The number of rotatable bonds is 5. The largest absolute Gasteiger partial charge is 0.370 e. The maximum Gasteiger partial charge on any atom is 0.193 e. The molecule has 3 rings (SSSR count). The van der Waals surface area contributed by atoms with E-state index >= 15 is 0 Å². The fourth-order valence-corrected chi connectivity index (χ4v) is 2.23. The van der Waals surface area contributed by atoms with Gasteiger partial charge in [0.15, 0.2) is 5.96 Å². The molecule has 0 aliphatic rings. The van der Waals surface area contributed by atoms with Crippen molar-refractivity contribution in [3.8, 4) is 0 Å². The second kappa shape index (κ2) is 7.26. The summed E-state index contributed by atoms with van der Waals surface area (Å²) in [5.74, 6) is 0.383. The third kappa shape index (κ3) is 4.44. The highest BCUT2D eigenvalue weighted by Gasteiger charge is 2.01. The van der Waals surface area contributed by atoms with E-state index in [1.807, 2.05) is 59.4 Å². The molecule has 0 spiro atoms. The maximum atomic E-state index is 5.92. The minimum absolute atomic E-state index is 0.383. The van der Waals surface area contributed by atoms with Gasteiger partial charge in [0.05, 0.1) is 25.0 Å². The van der Waals surface area contributed by atoms with Crippen LogP contribution in [0.5, 0.6) is 0 Å². The number of benzene rings is 2. The molecule has 3 aromatic rings. The normalized spacial score (nSPS) is 11.4. The van der Waals surface area contributed by atoms with Crippen molar-refractivity contribution < 1.29 is 0 Å². The van der Waals surface area contributed by atoms with Gasteiger partial charge in [-0.15, -0.1) is 0 Å². The summed E-state index contributed by atoms with van der Waals surface area (Å²) in [6.45, 7) is 1.28. The third-order valence-electron chi connectivity index (χ3n) is 3.37. The standard InChI is InChI=1S/C18H19N5/c19-18(20-11-15-7-3-1-4-8-15)22-17-12-21-23(14-17)13-16-9-5-2-6-10-16/h1-10,12,14H,11,13H2,(H3,19,20,22). The van der Waals surface area contributed by atoms with Crippen LogP contribution in [-0.2, 0) is 13.1 Å². The molecule has 0 aliphatic heterocycles. The Morgan fingerprint density at radius 3 is 2.35 bits per heavy atom. The van der Waals surface area contributed by atoms with Gasteiger partial charge in [-0.2, -0.15) is 5.10 Å².